The minimum atomic E-state index is -0.557. The summed E-state index contributed by atoms with van der Waals surface area (Å²) in [4.78, 5) is 7.51. The van der Waals surface area contributed by atoms with Gasteiger partial charge in [0, 0.05) is 0 Å². The lowest BCUT2D eigenvalue weighted by Gasteiger charge is -2.10. The molecule has 1 aliphatic rings. The third-order valence-corrected chi connectivity index (χ3v) is 1.19. The van der Waals surface area contributed by atoms with Crippen LogP contribution in [-0.2, 0) is 0 Å². The van der Waals surface area contributed by atoms with Crippen molar-refractivity contribution in [1.82, 2.24) is 5.32 Å². The molecule has 0 saturated carbocycles. The van der Waals surface area contributed by atoms with Gasteiger partial charge in [0.2, 0.25) is 5.62 Å². The molecule has 0 aromatic rings. The number of aliphatic imine (C=N–C) groups is 2. The van der Waals surface area contributed by atoms with Crippen molar-refractivity contribution in [2.45, 2.75) is 12.5 Å². The van der Waals surface area contributed by atoms with Crippen LogP contribution in [0.1, 0.15) is 6.92 Å². The van der Waals surface area contributed by atoms with Gasteiger partial charge in [-0.3, -0.25) is 0 Å². The second-order valence-electron chi connectivity index (χ2n) is 1.57. The van der Waals surface area contributed by atoms with Crippen molar-refractivity contribution in [3.05, 3.63) is 0 Å². The van der Waals surface area contributed by atoms with E-state index in [1.54, 1.807) is 6.92 Å². The molecule has 0 fully saturated rings. The second kappa shape index (κ2) is 2.54. The van der Waals surface area contributed by atoms with E-state index in [0.717, 1.165) is 0 Å². The normalized spacial score (nSPS) is 26.3. The van der Waals surface area contributed by atoms with Crippen molar-refractivity contribution in [2.75, 3.05) is 0 Å². The van der Waals surface area contributed by atoms with Crippen LogP contribution in [-0.4, -0.2) is 16.8 Å². The molecule has 0 aromatic heterocycles. The van der Waals surface area contributed by atoms with E-state index in [1.165, 1.54) is 0 Å². The Kier molecular flexibility index (Phi) is 1.93. The highest BCUT2D eigenvalue weighted by Crippen LogP contribution is 2.04. The largest absolute Gasteiger partial charge is 0.319 e. The van der Waals surface area contributed by atoms with Gasteiger partial charge in [-0.05, 0) is 18.5 Å². The molecule has 1 aliphatic heterocycles. The molecule has 0 saturated heterocycles. The minimum Gasteiger partial charge on any atom is -0.319 e. The van der Waals surface area contributed by atoms with E-state index in [2.05, 4.69) is 15.3 Å². The average molecular weight is 166 g/mol. The van der Waals surface area contributed by atoms with Gasteiger partial charge in [0.15, 0.2) is 5.29 Å². The van der Waals surface area contributed by atoms with Crippen molar-refractivity contribution >= 4 is 34.3 Å². The first kappa shape index (κ1) is 6.83. The number of hydrogen-bond acceptors (Lipinski definition) is 3. The second-order valence-corrected chi connectivity index (χ2v) is 2.32. The van der Waals surface area contributed by atoms with E-state index < -0.39 is 5.62 Å². The van der Waals surface area contributed by atoms with Gasteiger partial charge in [0.05, 0.1) is 0 Å². The van der Waals surface area contributed by atoms with Crippen LogP contribution >= 0.6 is 23.2 Å². The van der Waals surface area contributed by atoms with Crippen LogP contribution < -0.4 is 5.32 Å². The zero-order valence-electron chi connectivity index (χ0n) is 4.73. The fourth-order valence-corrected chi connectivity index (χ4v) is 1.02. The Labute approximate surface area is 62.8 Å². The molecule has 50 valence electrons. The Morgan fingerprint density at radius 3 is 2.67 bits per heavy atom. The van der Waals surface area contributed by atoms with Crippen LogP contribution in [0.3, 0.4) is 0 Å². The Morgan fingerprint density at radius 2 is 2.22 bits per heavy atom. The van der Waals surface area contributed by atoms with E-state index in [-0.39, 0.29) is 0 Å². The summed E-state index contributed by atoms with van der Waals surface area (Å²) in [5.41, 5.74) is -0.557. The van der Waals surface area contributed by atoms with E-state index in [9.17, 15) is 0 Å². The van der Waals surface area contributed by atoms with Gasteiger partial charge >= 0.3 is 0 Å². The molecule has 1 atom stereocenters. The quantitative estimate of drug-likeness (QED) is 0.425. The fourth-order valence-electron chi connectivity index (χ4n) is 0.496. The van der Waals surface area contributed by atoms with Crippen LogP contribution in [0, 0.1) is 0 Å². The highest BCUT2D eigenvalue weighted by Gasteiger charge is 2.07. The lowest BCUT2D eigenvalue weighted by Crippen LogP contribution is -2.29. The molecular formula is C4H5Cl2N3. The maximum atomic E-state index is 5.51. The molecule has 9 heavy (non-hydrogen) atoms. The molecule has 1 heterocycles. The number of nitrogens with zero attached hydrogens (tertiary/aromatic N) is 2. The number of halogens is 2. The molecule has 5 heteroatoms. The Morgan fingerprint density at radius 1 is 1.56 bits per heavy atom. The van der Waals surface area contributed by atoms with Crippen LogP contribution in [0.15, 0.2) is 9.98 Å². The summed E-state index contributed by atoms with van der Waals surface area (Å²) in [6.07, 6.45) is 0. The van der Waals surface area contributed by atoms with Gasteiger partial charge in [-0.2, -0.15) is 0 Å². The van der Waals surface area contributed by atoms with Gasteiger partial charge in [-0.1, -0.05) is 11.6 Å². The van der Waals surface area contributed by atoms with Crippen LogP contribution in [0.2, 0.25) is 0 Å². The molecule has 0 bridgehead atoms. The average Bonchev–Trinajstić information content (AvgIpc) is 1.59. The molecular weight excluding hydrogens is 161 g/mol. The van der Waals surface area contributed by atoms with Crippen LogP contribution in [0.5, 0.6) is 0 Å². The van der Waals surface area contributed by atoms with E-state index in [4.69, 9.17) is 23.2 Å². The molecule has 3 nitrogen and oxygen atoms in total. The van der Waals surface area contributed by atoms with Gasteiger partial charge in [-0.25, -0.2) is 9.98 Å². The van der Waals surface area contributed by atoms with Crippen molar-refractivity contribution < 1.29 is 0 Å². The smallest absolute Gasteiger partial charge is 0.219 e. The SMILES string of the molecule is CC1=N[C@H](Cl)N=C(Cl)N1. The van der Waals surface area contributed by atoms with Gasteiger partial charge < -0.3 is 5.32 Å². The van der Waals surface area contributed by atoms with Crippen LogP contribution in [0.4, 0.5) is 0 Å². The molecule has 1 N–H and O–H groups in total. The first-order valence-electron chi connectivity index (χ1n) is 2.37. The molecule has 0 aliphatic carbocycles. The zero-order valence-corrected chi connectivity index (χ0v) is 6.24. The Balaban J connectivity index is 2.69. The molecule has 0 aromatic carbocycles. The minimum absolute atomic E-state index is 0.294. The fraction of sp³-hybridized carbons (Fsp3) is 0.500. The summed E-state index contributed by atoms with van der Waals surface area (Å²) in [5.74, 6) is 0.690. The molecule has 0 radical (unpaired) electrons. The summed E-state index contributed by atoms with van der Waals surface area (Å²) in [7, 11) is 0. The van der Waals surface area contributed by atoms with Crippen molar-refractivity contribution in [1.29, 1.82) is 0 Å². The zero-order chi connectivity index (χ0) is 6.85. The number of hydrogen-bond donors (Lipinski definition) is 1. The monoisotopic (exact) mass is 165 g/mol. The highest BCUT2D eigenvalue weighted by atomic mass is 35.5. The molecule has 0 amide bonds. The third kappa shape index (κ3) is 1.84. The van der Waals surface area contributed by atoms with Crippen molar-refractivity contribution in [2.24, 2.45) is 9.98 Å². The summed E-state index contributed by atoms with van der Waals surface area (Å²) in [6.45, 7) is 1.77. The predicted octanol–water partition coefficient (Wildman–Crippen LogP) is 1.13. The highest BCUT2D eigenvalue weighted by molar-refractivity contribution is 6.66. The topological polar surface area (TPSA) is 36.8 Å². The van der Waals surface area contributed by atoms with Gasteiger partial charge in [0.25, 0.3) is 0 Å². The first-order chi connectivity index (χ1) is 4.18. The van der Waals surface area contributed by atoms with Gasteiger partial charge in [-0.15, -0.1) is 0 Å². The number of nitrogens with one attached hydrogen (secondary N) is 1. The summed E-state index contributed by atoms with van der Waals surface area (Å²) < 4.78 is 0. The van der Waals surface area contributed by atoms with Crippen molar-refractivity contribution in [3.63, 3.8) is 0 Å². The Hall–Kier alpha value is -0.280. The van der Waals surface area contributed by atoms with Crippen molar-refractivity contribution in [3.8, 4) is 0 Å². The predicted molar refractivity (Wildman–Crippen MR) is 39.2 cm³/mol. The summed E-state index contributed by atoms with van der Waals surface area (Å²) in [5, 5.41) is 2.98. The number of rotatable bonds is 0. The lowest BCUT2D eigenvalue weighted by molar-refractivity contribution is 0.931. The maximum Gasteiger partial charge on any atom is 0.219 e. The van der Waals surface area contributed by atoms with Gasteiger partial charge in [0.1, 0.15) is 5.84 Å². The Bertz CT molecular complexity index is 157. The molecule has 0 spiro atoms. The number of alkyl halides is 1. The molecule has 1 rings (SSSR count). The van der Waals surface area contributed by atoms with E-state index >= 15 is 0 Å². The standard InChI is InChI=1S/C4H5Cl2N3/c1-2-7-3(5)9-4(6)8-2/h3H,1H3,(H,7,8,9)/t3-/m0/s1. The lowest BCUT2D eigenvalue weighted by atomic mass is 10.6. The van der Waals surface area contributed by atoms with Crippen LogP contribution in [0.25, 0.3) is 0 Å². The summed E-state index contributed by atoms with van der Waals surface area (Å²) in [6, 6.07) is 0. The maximum absolute atomic E-state index is 5.51. The third-order valence-electron chi connectivity index (χ3n) is 0.804. The first-order valence-corrected chi connectivity index (χ1v) is 3.19. The molecule has 0 unspecified atom stereocenters. The van der Waals surface area contributed by atoms with E-state index in [1.807, 2.05) is 0 Å². The summed E-state index contributed by atoms with van der Waals surface area (Å²) >= 11 is 11.0. The van der Waals surface area contributed by atoms with E-state index in [0.29, 0.717) is 11.1 Å². The number of amidine groups is 2.